The number of benzene rings is 2. The minimum Gasteiger partial charge on any atom is -0.452 e. The van der Waals surface area contributed by atoms with Gasteiger partial charge < -0.3 is 15.0 Å². The summed E-state index contributed by atoms with van der Waals surface area (Å²) in [6.07, 6.45) is 0. The Balaban J connectivity index is 1.61. The molecule has 0 unspecified atom stereocenters. The molecule has 1 N–H and O–H groups in total. The number of nitrogens with zero attached hydrogens (tertiary/aromatic N) is 2. The van der Waals surface area contributed by atoms with Crippen LogP contribution in [0.3, 0.4) is 0 Å². The third-order valence-electron chi connectivity index (χ3n) is 4.83. The number of carbonyl (C=O) groups excluding carboxylic acids is 3. The van der Waals surface area contributed by atoms with Crippen LogP contribution < -0.4 is 5.32 Å². The normalized spacial score (nSPS) is 14.6. The second-order valence-corrected chi connectivity index (χ2v) is 10.3. The van der Waals surface area contributed by atoms with Gasteiger partial charge in [0.05, 0.1) is 10.5 Å². The number of hydrogen-bond acceptors (Lipinski definition) is 6. The molecule has 9 nitrogen and oxygen atoms in total. The summed E-state index contributed by atoms with van der Waals surface area (Å²) in [5, 5.41) is 2.63. The maximum Gasteiger partial charge on any atom is 0.338 e. The van der Waals surface area contributed by atoms with Gasteiger partial charge in [-0.15, -0.1) is 0 Å². The van der Waals surface area contributed by atoms with Gasteiger partial charge in [-0.1, -0.05) is 12.1 Å². The molecule has 11 heteroatoms. The number of ether oxygens (including phenoxy) is 1. The molecule has 0 saturated carbocycles. The maximum atomic E-state index is 12.9. The summed E-state index contributed by atoms with van der Waals surface area (Å²) in [7, 11) is -3.84. The molecule has 2 aromatic rings. The topological polar surface area (TPSA) is 113 Å². The van der Waals surface area contributed by atoms with Crippen molar-refractivity contribution in [2.75, 3.05) is 38.1 Å². The monoisotopic (exact) mass is 571 g/mol. The molecule has 1 fully saturated rings. The number of piperazine rings is 1. The van der Waals surface area contributed by atoms with Crippen LogP contribution in [-0.2, 0) is 24.3 Å². The van der Waals surface area contributed by atoms with Gasteiger partial charge in [0.15, 0.2) is 6.61 Å². The summed E-state index contributed by atoms with van der Waals surface area (Å²) in [5.74, 6) is -1.41. The Bertz CT molecular complexity index is 1130. The van der Waals surface area contributed by atoms with Crippen LogP contribution in [0.25, 0.3) is 0 Å². The van der Waals surface area contributed by atoms with Crippen molar-refractivity contribution in [3.05, 3.63) is 57.7 Å². The Morgan fingerprint density at radius 3 is 2.38 bits per heavy atom. The smallest absolute Gasteiger partial charge is 0.338 e. The molecule has 0 spiro atoms. The average molecular weight is 571 g/mol. The minimum atomic E-state index is -3.84. The molecular formula is C21H22IN3O6S. The molecule has 2 aromatic carbocycles. The van der Waals surface area contributed by atoms with Crippen LogP contribution in [0.1, 0.15) is 17.3 Å². The summed E-state index contributed by atoms with van der Waals surface area (Å²) >= 11 is 2.11. The van der Waals surface area contributed by atoms with Gasteiger partial charge >= 0.3 is 5.97 Å². The zero-order valence-corrected chi connectivity index (χ0v) is 20.3. The number of sulfonamides is 1. The van der Waals surface area contributed by atoms with E-state index in [0.717, 1.165) is 3.57 Å². The predicted octanol–water partition coefficient (Wildman–Crippen LogP) is 1.94. The molecule has 1 aliphatic heterocycles. The zero-order chi connectivity index (χ0) is 23.3. The van der Waals surface area contributed by atoms with E-state index >= 15 is 0 Å². The summed E-state index contributed by atoms with van der Waals surface area (Å²) in [6.45, 7) is 1.91. The lowest BCUT2D eigenvalue weighted by molar-refractivity contribution is -0.130. The first-order valence-electron chi connectivity index (χ1n) is 9.75. The molecule has 0 bridgehead atoms. The molecule has 32 heavy (non-hydrogen) atoms. The molecule has 0 radical (unpaired) electrons. The van der Waals surface area contributed by atoms with Crippen molar-refractivity contribution in [2.24, 2.45) is 0 Å². The van der Waals surface area contributed by atoms with Gasteiger partial charge in [0, 0.05) is 42.4 Å². The highest BCUT2D eigenvalue weighted by Crippen LogP contribution is 2.19. The number of nitrogens with one attached hydrogen (secondary N) is 1. The van der Waals surface area contributed by atoms with Crippen molar-refractivity contribution >= 4 is 56.1 Å². The lowest BCUT2D eigenvalue weighted by Crippen LogP contribution is -2.49. The SMILES string of the molecule is CC(=O)N1CCN(S(=O)(=O)c2cccc(C(=O)OCC(=O)Nc3cccc(I)c3)c2)CC1. The number of anilines is 1. The van der Waals surface area contributed by atoms with Crippen LogP contribution >= 0.6 is 22.6 Å². The first kappa shape index (κ1) is 24.1. The third kappa shape index (κ3) is 6.04. The van der Waals surface area contributed by atoms with Crippen LogP contribution in [0.2, 0.25) is 0 Å². The molecule has 170 valence electrons. The molecule has 1 aliphatic rings. The first-order valence-corrected chi connectivity index (χ1v) is 12.3. The Hall–Kier alpha value is -2.51. The highest BCUT2D eigenvalue weighted by atomic mass is 127. The van der Waals surface area contributed by atoms with E-state index in [9.17, 15) is 22.8 Å². The Morgan fingerprint density at radius 1 is 1.03 bits per heavy atom. The quantitative estimate of drug-likeness (QED) is 0.419. The number of rotatable bonds is 6. The third-order valence-corrected chi connectivity index (χ3v) is 7.40. The van der Waals surface area contributed by atoms with Gasteiger partial charge in [0.1, 0.15) is 0 Å². The van der Waals surface area contributed by atoms with Crippen LogP contribution in [0.15, 0.2) is 53.4 Å². The van der Waals surface area contributed by atoms with E-state index in [0.29, 0.717) is 18.8 Å². The fourth-order valence-corrected chi connectivity index (χ4v) is 5.17. The Kier molecular flexibility index (Phi) is 7.85. The molecular weight excluding hydrogens is 549 g/mol. The van der Waals surface area contributed by atoms with Crippen molar-refractivity contribution in [2.45, 2.75) is 11.8 Å². The number of amides is 2. The average Bonchev–Trinajstić information content (AvgIpc) is 2.77. The number of esters is 1. The van der Waals surface area contributed by atoms with Crippen molar-refractivity contribution < 1.29 is 27.5 Å². The highest BCUT2D eigenvalue weighted by Gasteiger charge is 2.29. The van der Waals surface area contributed by atoms with Crippen LogP contribution in [-0.4, -0.2) is 68.2 Å². The summed E-state index contributed by atoms with van der Waals surface area (Å²) in [5.41, 5.74) is 0.603. The first-order chi connectivity index (χ1) is 15.2. The molecule has 1 saturated heterocycles. The number of hydrogen-bond donors (Lipinski definition) is 1. The Labute approximate surface area is 199 Å². The van der Waals surface area contributed by atoms with E-state index in [-0.39, 0.29) is 29.5 Å². The van der Waals surface area contributed by atoms with E-state index < -0.39 is 28.5 Å². The van der Waals surface area contributed by atoms with Crippen LogP contribution in [0.5, 0.6) is 0 Å². The van der Waals surface area contributed by atoms with E-state index in [4.69, 9.17) is 4.74 Å². The van der Waals surface area contributed by atoms with Gasteiger partial charge in [0.25, 0.3) is 5.91 Å². The molecule has 0 aromatic heterocycles. The molecule has 2 amide bonds. The maximum absolute atomic E-state index is 12.9. The van der Waals surface area contributed by atoms with E-state index in [1.807, 2.05) is 6.07 Å². The Morgan fingerprint density at radius 2 is 1.72 bits per heavy atom. The van der Waals surface area contributed by atoms with Crippen molar-refractivity contribution in [3.63, 3.8) is 0 Å². The molecule has 0 aliphatic carbocycles. The number of carbonyl (C=O) groups is 3. The van der Waals surface area contributed by atoms with Crippen molar-refractivity contribution in [1.82, 2.24) is 9.21 Å². The fraction of sp³-hybridized carbons (Fsp3) is 0.286. The van der Waals surface area contributed by atoms with Crippen molar-refractivity contribution in [3.8, 4) is 0 Å². The largest absolute Gasteiger partial charge is 0.452 e. The van der Waals surface area contributed by atoms with Crippen LogP contribution in [0, 0.1) is 3.57 Å². The second-order valence-electron chi connectivity index (χ2n) is 7.07. The minimum absolute atomic E-state index is 0.0236. The van der Waals surface area contributed by atoms with Gasteiger partial charge in [-0.05, 0) is 59.0 Å². The lowest BCUT2D eigenvalue weighted by Gasteiger charge is -2.33. The van der Waals surface area contributed by atoms with Gasteiger partial charge in [-0.2, -0.15) is 4.31 Å². The predicted molar refractivity (Wildman–Crippen MR) is 126 cm³/mol. The van der Waals surface area contributed by atoms with E-state index in [1.165, 1.54) is 35.5 Å². The van der Waals surface area contributed by atoms with Gasteiger partial charge in [0.2, 0.25) is 15.9 Å². The molecule has 0 atom stereocenters. The lowest BCUT2D eigenvalue weighted by atomic mass is 10.2. The van der Waals surface area contributed by atoms with Gasteiger partial charge in [-0.3, -0.25) is 9.59 Å². The molecule has 3 rings (SSSR count). The van der Waals surface area contributed by atoms with Crippen molar-refractivity contribution in [1.29, 1.82) is 0 Å². The second kappa shape index (κ2) is 10.4. The fourth-order valence-electron chi connectivity index (χ4n) is 3.15. The van der Waals surface area contributed by atoms with Gasteiger partial charge in [-0.25, -0.2) is 13.2 Å². The highest BCUT2D eigenvalue weighted by molar-refractivity contribution is 14.1. The summed E-state index contributed by atoms with van der Waals surface area (Å²) in [6, 6.07) is 12.6. The molecule has 1 heterocycles. The zero-order valence-electron chi connectivity index (χ0n) is 17.3. The van der Waals surface area contributed by atoms with E-state index in [1.54, 1.807) is 23.1 Å². The number of halogens is 1. The standard InChI is InChI=1S/C21H22IN3O6S/c1-15(26)24-8-10-25(11-9-24)32(29,30)19-7-2-4-16(12-19)21(28)31-14-20(27)23-18-6-3-5-17(22)13-18/h2-7,12-13H,8-11,14H2,1H3,(H,23,27). The van der Waals surface area contributed by atoms with E-state index in [2.05, 4.69) is 27.9 Å². The van der Waals surface area contributed by atoms with Crippen LogP contribution in [0.4, 0.5) is 5.69 Å². The summed E-state index contributed by atoms with van der Waals surface area (Å²) < 4.78 is 33.1. The summed E-state index contributed by atoms with van der Waals surface area (Å²) in [4.78, 5) is 37.4.